The van der Waals surface area contributed by atoms with E-state index in [1.165, 1.54) is 7.11 Å². The van der Waals surface area contributed by atoms with Crippen molar-refractivity contribution in [3.63, 3.8) is 0 Å². The molecule has 0 spiro atoms. The van der Waals surface area contributed by atoms with E-state index in [0.29, 0.717) is 36.3 Å². The third-order valence-electron chi connectivity index (χ3n) is 6.63. The predicted molar refractivity (Wildman–Crippen MR) is 148 cm³/mol. The quantitative estimate of drug-likeness (QED) is 0.272. The number of hydrogen-bond acceptors (Lipinski definition) is 8. The molecule has 0 aliphatic carbocycles. The van der Waals surface area contributed by atoms with E-state index < -0.39 is 12.1 Å². The number of nitrogens with one attached hydrogen (secondary N) is 1. The normalized spacial score (nSPS) is 12.2. The van der Waals surface area contributed by atoms with Crippen LogP contribution >= 0.6 is 0 Å². The summed E-state index contributed by atoms with van der Waals surface area (Å²) in [6.45, 7) is 10.3. The molecule has 0 radical (unpaired) electrons. The van der Waals surface area contributed by atoms with Gasteiger partial charge in [0.15, 0.2) is 5.75 Å². The second-order valence-electron chi connectivity index (χ2n) is 9.00. The second kappa shape index (κ2) is 14.2. The van der Waals surface area contributed by atoms with Crippen molar-refractivity contribution in [3.8, 4) is 11.5 Å². The lowest BCUT2D eigenvalue weighted by Gasteiger charge is -2.21. The lowest BCUT2D eigenvalue weighted by Crippen LogP contribution is -2.27. The van der Waals surface area contributed by atoms with Crippen LogP contribution in [0.25, 0.3) is 0 Å². The highest BCUT2D eigenvalue weighted by Gasteiger charge is 2.34. The van der Waals surface area contributed by atoms with Crippen molar-refractivity contribution in [2.75, 3.05) is 31.7 Å². The Labute approximate surface area is 230 Å². The van der Waals surface area contributed by atoms with Gasteiger partial charge in [-0.05, 0) is 63.8 Å². The van der Waals surface area contributed by atoms with Crippen LogP contribution in [-0.4, -0.2) is 44.8 Å². The Balaban J connectivity index is 1.78. The van der Waals surface area contributed by atoms with E-state index in [4.69, 9.17) is 18.9 Å². The molecule has 0 saturated carbocycles. The molecule has 9 heteroatoms. The zero-order chi connectivity index (χ0) is 28.4. The number of rotatable bonds is 13. The first-order valence-corrected chi connectivity index (χ1v) is 13.3. The molecule has 1 N–H and O–H groups in total. The van der Waals surface area contributed by atoms with E-state index in [-0.39, 0.29) is 36.9 Å². The van der Waals surface area contributed by atoms with Crippen LogP contribution in [0.1, 0.15) is 66.2 Å². The van der Waals surface area contributed by atoms with E-state index in [9.17, 15) is 14.4 Å². The van der Waals surface area contributed by atoms with E-state index in [0.717, 1.165) is 29.9 Å². The van der Waals surface area contributed by atoms with Gasteiger partial charge in [0.1, 0.15) is 17.9 Å². The standard InChI is InChI=1S/C30H38N2O7/c1-6-32(7-2)22-16-14-21(15-17-22)18-31-30(35)39-28-23(12-10-9-11-13-25(33)37-8-3)27(36-5)20(4)24-19-38-29(34)26(24)28/h9-10,14-17H,6-8,11-13,18-19H2,1-5H3,(H,31,35). The molecule has 3 rings (SSSR count). The van der Waals surface area contributed by atoms with Gasteiger partial charge in [0.05, 0.1) is 13.7 Å². The summed E-state index contributed by atoms with van der Waals surface area (Å²) in [6.07, 6.45) is 4.09. The molecule has 39 heavy (non-hydrogen) atoms. The molecule has 1 aliphatic rings. The third kappa shape index (κ3) is 7.31. The molecule has 0 fully saturated rings. The third-order valence-corrected chi connectivity index (χ3v) is 6.63. The van der Waals surface area contributed by atoms with Gasteiger partial charge in [-0.25, -0.2) is 9.59 Å². The summed E-state index contributed by atoms with van der Waals surface area (Å²) in [4.78, 5) is 39.4. The number of benzene rings is 2. The maximum atomic E-state index is 12.9. The summed E-state index contributed by atoms with van der Waals surface area (Å²) < 4.78 is 21.7. The largest absolute Gasteiger partial charge is 0.496 e. The van der Waals surface area contributed by atoms with Crippen molar-refractivity contribution < 1.29 is 33.3 Å². The molecular weight excluding hydrogens is 500 g/mol. The van der Waals surface area contributed by atoms with Crippen LogP contribution < -0.4 is 19.7 Å². The van der Waals surface area contributed by atoms with Gasteiger partial charge in [-0.2, -0.15) is 0 Å². The minimum Gasteiger partial charge on any atom is -0.496 e. The molecule has 1 aliphatic heterocycles. The van der Waals surface area contributed by atoms with Crippen LogP contribution in [0.15, 0.2) is 36.4 Å². The summed E-state index contributed by atoms with van der Waals surface area (Å²) in [5, 5.41) is 2.77. The molecule has 210 valence electrons. The van der Waals surface area contributed by atoms with Crippen molar-refractivity contribution in [2.45, 2.75) is 60.1 Å². The summed E-state index contributed by atoms with van der Waals surface area (Å²) in [5.41, 5.74) is 4.22. The second-order valence-corrected chi connectivity index (χ2v) is 9.00. The fourth-order valence-electron chi connectivity index (χ4n) is 4.59. The van der Waals surface area contributed by atoms with Crippen molar-refractivity contribution in [1.29, 1.82) is 0 Å². The molecule has 1 heterocycles. The highest BCUT2D eigenvalue weighted by molar-refractivity contribution is 5.99. The predicted octanol–water partition coefficient (Wildman–Crippen LogP) is 5.25. The number of fused-ring (bicyclic) bond motifs is 1. The van der Waals surface area contributed by atoms with Gasteiger partial charge >= 0.3 is 18.0 Å². The Morgan fingerprint density at radius 2 is 1.79 bits per heavy atom. The zero-order valence-corrected chi connectivity index (χ0v) is 23.4. The van der Waals surface area contributed by atoms with Crippen LogP contribution in [0, 0.1) is 6.92 Å². The molecule has 1 amide bonds. The molecule has 0 saturated heterocycles. The van der Waals surface area contributed by atoms with E-state index in [1.807, 2.05) is 43.3 Å². The molecule has 0 bridgehead atoms. The smallest absolute Gasteiger partial charge is 0.412 e. The summed E-state index contributed by atoms with van der Waals surface area (Å²) >= 11 is 0. The number of amides is 1. The SMILES string of the molecule is CCOC(=O)CCC=CCc1c(OC)c(C)c2c(c1OC(=O)NCc1ccc(N(CC)CC)cc1)C(=O)OC2. The van der Waals surface area contributed by atoms with E-state index in [1.54, 1.807) is 6.92 Å². The lowest BCUT2D eigenvalue weighted by molar-refractivity contribution is -0.143. The Morgan fingerprint density at radius 1 is 1.08 bits per heavy atom. The number of carbonyl (C=O) groups excluding carboxylic acids is 3. The number of ether oxygens (including phenoxy) is 4. The number of nitrogens with zero attached hydrogens (tertiary/aromatic N) is 1. The Bertz CT molecular complexity index is 1200. The Morgan fingerprint density at radius 3 is 2.44 bits per heavy atom. The fraction of sp³-hybridized carbons (Fsp3) is 0.433. The van der Waals surface area contributed by atoms with E-state index >= 15 is 0 Å². The van der Waals surface area contributed by atoms with E-state index in [2.05, 4.69) is 24.1 Å². The van der Waals surface area contributed by atoms with Gasteiger partial charge in [-0.3, -0.25) is 4.79 Å². The van der Waals surface area contributed by atoms with Crippen LogP contribution in [-0.2, 0) is 33.8 Å². The molecule has 0 aromatic heterocycles. The number of anilines is 1. The first-order valence-electron chi connectivity index (χ1n) is 13.3. The maximum absolute atomic E-state index is 12.9. The van der Waals surface area contributed by atoms with Crippen molar-refractivity contribution in [3.05, 3.63) is 64.2 Å². The summed E-state index contributed by atoms with van der Waals surface area (Å²) in [7, 11) is 1.53. The van der Waals surface area contributed by atoms with Gasteiger partial charge in [0, 0.05) is 42.9 Å². The first kappa shape index (κ1) is 29.5. The summed E-state index contributed by atoms with van der Waals surface area (Å²) in [6, 6.07) is 7.97. The number of esters is 2. The van der Waals surface area contributed by atoms with Gasteiger partial charge in [-0.15, -0.1) is 0 Å². The minimum absolute atomic E-state index is 0.0862. The number of cyclic esters (lactones) is 1. The van der Waals surface area contributed by atoms with Gasteiger partial charge < -0.3 is 29.2 Å². The lowest BCUT2D eigenvalue weighted by atomic mass is 9.95. The topological polar surface area (TPSA) is 103 Å². The molecule has 0 unspecified atom stereocenters. The monoisotopic (exact) mass is 538 g/mol. The number of hydrogen-bond donors (Lipinski definition) is 1. The molecular formula is C30H38N2O7. The maximum Gasteiger partial charge on any atom is 0.412 e. The molecule has 0 atom stereocenters. The Kier molecular flexibility index (Phi) is 10.8. The number of methoxy groups -OCH3 is 1. The molecule has 2 aromatic rings. The van der Waals surface area contributed by atoms with Gasteiger partial charge in [-0.1, -0.05) is 24.3 Å². The van der Waals surface area contributed by atoms with Crippen molar-refractivity contribution >= 4 is 23.7 Å². The first-order chi connectivity index (χ1) is 18.8. The van der Waals surface area contributed by atoms with Crippen LogP contribution in [0.5, 0.6) is 11.5 Å². The van der Waals surface area contributed by atoms with Crippen LogP contribution in [0.2, 0.25) is 0 Å². The van der Waals surface area contributed by atoms with Crippen molar-refractivity contribution in [2.24, 2.45) is 0 Å². The summed E-state index contributed by atoms with van der Waals surface area (Å²) in [5.74, 6) is -0.159. The average Bonchev–Trinajstić information content (AvgIpc) is 3.32. The van der Waals surface area contributed by atoms with Gasteiger partial charge in [0.2, 0.25) is 0 Å². The minimum atomic E-state index is -0.692. The zero-order valence-electron chi connectivity index (χ0n) is 23.4. The van der Waals surface area contributed by atoms with Crippen LogP contribution in [0.4, 0.5) is 10.5 Å². The number of allylic oxidation sites excluding steroid dienone is 2. The van der Waals surface area contributed by atoms with Crippen molar-refractivity contribution in [1.82, 2.24) is 5.32 Å². The number of carbonyl (C=O) groups is 3. The fourth-order valence-corrected chi connectivity index (χ4v) is 4.59. The van der Waals surface area contributed by atoms with Gasteiger partial charge in [0.25, 0.3) is 0 Å². The highest BCUT2D eigenvalue weighted by atomic mass is 16.6. The molecule has 9 nitrogen and oxygen atoms in total. The average molecular weight is 539 g/mol. The highest BCUT2D eigenvalue weighted by Crippen LogP contribution is 2.42. The molecule has 2 aromatic carbocycles. The van der Waals surface area contributed by atoms with Crippen LogP contribution in [0.3, 0.4) is 0 Å². The Hall–Kier alpha value is -4.01.